The Morgan fingerprint density at radius 1 is 1.33 bits per heavy atom. The van der Waals surface area contributed by atoms with Crippen molar-refractivity contribution in [2.45, 2.75) is 25.1 Å². The molecule has 0 spiro atoms. The van der Waals surface area contributed by atoms with Gasteiger partial charge in [-0.1, -0.05) is 0 Å². The number of nitrogens with zero attached hydrogens (tertiary/aromatic N) is 1. The van der Waals surface area contributed by atoms with E-state index in [4.69, 9.17) is 0 Å². The van der Waals surface area contributed by atoms with E-state index in [-0.39, 0.29) is 0 Å². The average molecular weight is 324 g/mol. The van der Waals surface area contributed by atoms with Crippen LogP contribution in [0, 0.1) is 0 Å². The molecule has 1 atom stereocenters. The van der Waals surface area contributed by atoms with Crippen molar-refractivity contribution in [3.63, 3.8) is 0 Å². The third kappa shape index (κ3) is 2.98. The van der Waals surface area contributed by atoms with Gasteiger partial charge in [0.05, 0.1) is 17.4 Å². The molecule has 1 aromatic rings. The van der Waals surface area contributed by atoms with Crippen molar-refractivity contribution in [3.8, 4) is 0 Å². The molecule has 100 valence electrons. The fraction of sp³-hybridized carbons (Fsp3) is 0.500. The van der Waals surface area contributed by atoms with Crippen LogP contribution in [-0.2, 0) is 6.18 Å². The zero-order chi connectivity index (χ0) is 13.3. The molecule has 0 saturated carbocycles. The van der Waals surface area contributed by atoms with E-state index >= 15 is 0 Å². The SMILES string of the molecule is OC1CCCN(c2ccc(C(F)(F)F)cc2Br)C1. The molecule has 0 amide bonds. The molecule has 1 heterocycles. The second kappa shape index (κ2) is 5.09. The van der Waals surface area contributed by atoms with Crippen molar-refractivity contribution in [1.82, 2.24) is 0 Å². The quantitative estimate of drug-likeness (QED) is 0.856. The number of anilines is 1. The van der Waals surface area contributed by atoms with Gasteiger partial charge in [-0.2, -0.15) is 13.2 Å². The van der Waals surface area contributed by atoms with Crippen LogP contribution in [0.5, 0.6) is 0 Å². The first-order valence-corrected chi connectivity index (χ1v) is 6.47. The number of alkyl halides is 3. The third-order valence-corrected chi connectivity index (χ3v) is 3.65. The molecule has 1 N–H and O–H groups in total. The number of rotatable bonds is 1. The minimum atomic E-state index is -4.33. The highest BCUT2D eigenvalue weighted by Gasteiger charge is 2.31. The summed E-state index contributed by atoms with van der Waals surface area (Å²) in [7, 11) is 0. The van der Waals surface area contributed by atoms with Gasteiger partial charge in [-0.3, -0.25) is 0 Å². The van der Waals surface area contributed by atoms with Gasteiger partial charge < -0.3 is 10.0 Å². The summed E-state index contributed by atoms with van der Waals surface area (Å²) in [5.41, 5.74) is 0.0254. The van der Waals surface area contributed by atoms with Gasteiger partial charge in [0.25, 0.3) is 0 Å². The van der Waals surface area contributed by atoms with Crippen molar-refractivity contribution >= 4 is 21.6 Å². The summed E-state index contributed by atoms with van der Waals surface area (Å²) in [5, 5.41) is 9.58. The highest BCUT2D eigenvalue weighted by Crippen LogP contribution is 2.36. The van der Waals surface area contributed by atoms with Gasteiger partial charge in [-0.05, 0) is 47.0 Å². The molecule has 1 aliphatic heterocycles. The van der Waals surface area contributed by atoms with Gasteiger partial charge in [0.1, 0.15) is 0 Å². The summed E-state index contributed by atoms with van der Waals surface area (Å²) in [5.74, 6) is 0. The van der Waals surface area contributed by atoms with E-state index in [9.17, 15) is 18.3 Å². The first-order valence-electron chi connectivity index (χ1n) is 5.67. The summed E-state index contributed by atoms with van der Waals surface area (Å²) < 4.78 is 38.0. The molecule has 0 bridgehead atoms. The Labute approximate surface area is 112 Å². The molecule has 1 aliphatic rings. The van der Waals surface area contributed by atoms with Gasteiger partial charge in [-0.25, -0.2) is 0 Å². The van der Waals surface area contributed by atoms with E-state index in [2.05, 4.69) is 15.9 Å². The van der Waals surface area contributed by atoms with Gasteiger partial charge in [0.2, 0.25) is 0 Å². The Kier molecular flexibility index (Phi) is 3.87. The highest BCUT2D eigenvalue weighted by atomic mass is 79.9. The first-order chi connectivity index (χ1) is 8.38. The monoisotopic (exact) mass is 323 g/mol. The zero-order valence-corrected chi connectivity index (χ0v) is 11.1. The maximum atomic E-state index is 12.5. The second-order valence-electron chi connectivity index (χ2n) is 4.41. The second-order valence-corrected chi connectivity index (χ2v) is 5.26. The molecule has 6 heteroatoms. The van der Waals surface area contributed by atoms with Crippen LogP contribution in [0.1, 0.15) is 18.4 Å². The van der Waals surface area contributed by atoms with Crippen molar-refractivity contribution in [3.05, 3.63) is 28.2 Å². The normalized spacial score (nSPS) is 21.2. The third-order valence-electron chi connectivity index (χ3n) is 3.01. The fourth-order valence-electron chi connectivity index (χ4n) is 2.11. The van der Waals surface area contributed by atoms with Gasteiger partial charge in [-0.15, -0.1) is 0 Å². The van der Waals surface area contributed by atoms with E-state index in [1.54, 1.807) is 0 Å². The van der Waals surface area contributed by atoms with E-state index in [1.165, 1.54) is 6.07 Å². The molecule has 1 saturated heterocycles. The molecule has 0 aliphatic carbocycles. The highest BCUT2D eigenvalue weighted by molar-refractivity contribution is 9.10. The van der Waals surface area contributed by atoms with Crippen LogP contribution >= 0.6 is 15.9 Å². The molecular weight excluding hydrogens is 311 g/mol. The van der Waals surface area contributed by atoms with E-state index < -0.39 is 17.8 Å². The summed E-state index contributed by atoms with van der Waals surface area (Å²) in [6.07, 6.45) is -3.15. The van der Waals surface area contributed by atoms with Gasteiger partial charge in [0.15, 0.2) is 0 Å². The van der Waals surface area contributed by atoms with Crippen molar-refractivity contribution in [2.75, 3.05) is 18.0 Å². The standard InChI is InChI=1S/C12H13BrF3NO/c13-10-6-8(12(14,15)16)3-4-11(10)17-5-1-2-9(18)7-17/h3-4,6,9,18H,1-2,5,7H2. The lowest BCUT2D eigenvalue weighted by molar-refractivity contribution is -0.137. The van der Waals surface area contributed by atoms with Crippen molar-refractivity contribution < 1.29 is 18.3 Å². The number of benzene rings is 1. The lowest BCUT2D eigenvalue weighted by Crippen LogP contribution is -2.38. The number of aliphatic hydroxyl groups excluding tert-OH is 1. The molecule has 0 radical (unpaired) electrons. The molecule has 1 unspecified atom stereocenters. The Morgan fingerprint density at radius 3 is 2.61 bits per heavy atom. The van der Waals surface area contributed by atoms with E-state index in [1.807, 2.05) is 4.90 Å². The maximum Gasteiger partial charge on any atom is 0.416 e. The predicted octanol–water partition coefficient (Wildman–Crippen LogP) is 3.43. The number of aliphatic hydroxyl groups is 1. The Bertz CT molecular complexity index is 436. The summed E-state index contributed by atoms with van der Waals surface area (Å²) in [6.45, 7) is 1.21. The van der Waals surface area contributed by atoms with Crippen LogP contribution < -0.4 is 4.90 Å². The largest absolute Gasteiger partial charge is 0.416 e. The van der Waals surface area contributed by atoms with E-state index in [0.717, 1.165) is 31.5 Å². The number of hydrogen-bond acceptors (Lipinski definition) is 2. The molecule has 0 aromatic heterocycles. The van der Waals surface area contributed by atoms with Crippen LogP contribution in [0.25, 0.3) is 0 Å². The Balaban J connectivity index is 2.24. The van der Waals surface area contributed by atoms with Gasteiger partial charge in [0, 0.05) is 17.6 Å². The van der Waals surface area contributed by atoms with Gasteiger partial charge >= 0.3 is 6.18 Å². The van der Waals surface area contributed by atoms with Crippen molar-refractivity contribution in [2.24, 2.45) is 0 Å². The summed E-state index contributed by atoms with van der Waals surface area (Å²) in [4.78, 5) is 1.90. The molecule has 1 aromatic carbocycles. The van der Waals surface area contributed by atoms with Crippen LogP contribution in [0.2, 0.25) is 0 Å². The number of β-amino-alcohol motifs (C(OH)–C–C–N with tert-alkyl or cyclic N) is 1. The lowest BCUT2D eigenvalue weighted by Gasteiger charge is -2.32. The molecule has 2 rings (SSSR count). The fourth-order valence-corrected chi connectivity index (χ4v) is 2.74. The van der Waals surface area contributed by atoms with Crippen LogP contribution in [0.4, 0.5) is 18.9 Å². The minimum Gasteiger partial charge on any atom is -0.391 e. The number of piperidine rings is 1. The summed E-state index contributed by atoms with van der Waals surface area (Å²) >= 11 is 3.17. The molecule has 2 nitrogen and oxygen atoms in total. The Hall–Kier alpha value is -0.750. The molecular formula is C12H13BrF3NO. The summed E-state index contributed by atoms with van der Waals surface area (Å²) in [6, 6.07) is 3.60. The van der Waals surface area contributed by atoms with Crippen LogP contribution in [0.3, 0.4) is 0 Å². The maximum absolute atomic E-state index is 12.5. The van der Waals surface area contributed by atoms with Crippen LogP contribution in [-0.4, -0.2) is 24.3 Å². The first kappa shape index (κ1) is 13.7. The smallest absolute Gasteiger partial charge is 0.391 e. The zero-order valence-electron chi connectivity index (χ0n) is 9.54. The predicted molar refractivity (Wildman–Crippen MR) is 66.6 cm³/mol. The minimum absolute atomic E-state index is 0.409. The topological polar surface area (TPSA) is 23.5 Å². The number of hydrogen-bond donors (Lipinski definition) is 1. The van der Waals surface area contributed by atoms with Crippen molar-refractivity contribution in [1.29, 1.82) is 0 Å². The Morgan fingerprint density at radius 2 is 2.06 bits per heavy atom. The molecule has 1 fully saturated rings. The lowest BCUT2D eigenvalue weighted by atomic mass is 10.1. The molecule has 18 heavy (non-hydrogen) atoms. The van der Waals surface area contributed by atoms with E-state index in [0.29, 0.717) is 16.7 Å². The van der Waals surface area contributed by atoms with Crippen LogP contribution in [0.15, 0.2) is 22.7 Å². The number of halogens is 4. The average Bonchev–Trinajstić information content (AvgIpc) is 2.27.